The number of carbonyl (C=O) groups excluding carboxylic acids is 2. The highest BCUT2D eigenvalue weighted by Crippen LogP contribution is 2.27. The molecule has 2 aromatic rings. The first-order valence-electron chi connectivity index (χ1n) is 9.07. The monoisotopic (exact) mass is 363 g/mol. The van der Waals surface area contributed by atoms with E-state index in [9.17, 15) is 14.9 Å². The summed E-state index contributed by atoms with van der Waals surface area (Å²) in [5.74, 6) is -0.847. The maximum Gasteiger partial charge on any atom is 0.239 e. The molecule has 2 rings (SSSR count). The van der Waals surface area contributed by atoms with Gasteiger partial charge < -0.3 is 10.6 Å². The summed E-state index contributed by atoms with van der Waals surface area (Å²) in [5, 5.41) is 14.8. The molecule has 0 aliphatic rings. The zero-order valence-corrected chi connectivity index (χ0v) is 16.2. The minimum atomic E-state index is -1.31. The van der Waals surface area contributed by atoms with Crippen molar-refractivity contribution in [2.24, 2.45) is 5.41 Å². The number of aryl methyl sites for hydroxylation is 2. The van der Waals surface area contributed by atoms with Gasteiger partial charge in [0.1, 0.15) is 11.5 Å². The molecule has 27 heavy (non-hydrogen) atoms. The Morgan fingerprint density at radius 2 is 1.48 bits per heavy atom. The smallest absolute Gasteiger partial charge is 0.239 e. The summed E-state index contributed by atoms with van der Waals surface area (Å²) in [6, 6.07) is 14.7. The lowest BCUT2D eigenvalue weighted by molar-refractivity contribution is -0.135. The van der Waals surface area contributed by atoms with E-state index in [-0.39, 0.29) is 5.91 Å². The Hall–Kier alpha value is -3.13. The molecule has 2 amide bonds. The van der Waals surface area contributed by atoms with E-state index in [4.69, 9.17) is 0 Å². The lowest BCUT2D eigenvalue weighted by atomic mass is 9.90. The molecule has 5 heteroatoms. The zero-order valence-electron chi connectivity index (χ0n) is 16.2. The highest BCUT2D eigenvalue weighted by Gasteiger charge is 2.37. The van der Waals surface area contributed by atoms with Gasteiger partial charge in [-0.1, -0.05) is 44.2 Å². The van der Waals surface area contributed by atoms with Crippen molar-refractivity contribution in [3.05, 3.63) is 59.2 Å². The van der Waals surface area contributed by atoms with Gasteiger partial charge in [0, 0.05) is 5.69 Å². The molecule has 0 bridgehead atoms. The summed E-state index contributed by atoms with van der Waals surface area (Å²) in [5.41, 5.74) is 2.29. The van der Waals surface area contributed by atoms with E-state index in [2.05, 4.69) is 10.6 Å². The van der Waals surface area contributed by atoms with Crippen molar-refractivity contribution >= 4 is 23.2 Å². The molecule has 0 fully saturated rings. The predicted molar refractivity (Wildman–Crippen MR) is 107 cm³/mol. The molecule has 0 heterocycles. The molecule has 0 aliphatic carbocycles. The number of amides is 2. The largest absolute Gasteiger partial charge is 0.325 e. The number of para-hydroxylation sites is 2. The van der Waals surface area contributed by atoms with Gasteiger partial charge in [-0.2, -0.15) is 5.26 Å². The topological polar surface area (TPSA) is 82.0 Å². The van der Waals surface area contributed by atoms with Crippen LogP contribution >= 0.6 is 0 Å². The summed E-state index contributed by atoms with van der Waals surface area (Å²) < 4.78 is 0. The fourth-order valence-electron chi connectivity index (χ4n) is 2.74. The van der Waals surface area contributed by atoms with Crippen LogP contribution in [0.25, 0.3) is 0 Å². The lowest BCUT2D eigenvalue weighted by Gasteiger charge is -2.24. The first-order valence-corrected chi connectivity index (χ1v) is 9.07. The molecular formula is C22H25N3O2. The Bertz CT molecular complexity index is 872. The quantitative estimate of drug-likeness (QED) is 0.751. The fourth-order valence-corrected chi connectivity index (χ4v) is 2.74. The number of nitriles is 1. The van der Waals surface area contributed by atoms with E-state index in [0.29, 0.717) is 11.3 Å². The summed E-state index contributed by atoms with van der Waals surface area (Å²) >= 11 is 0. The van der Waals surface area contributed by atoms with E-state index < -0.39 is 11.3 Å². The van der Waals surface area contributed by atoms with Crippen LogP contribution in [-0.4, -0.2) is 11.8 Å². The van der Waals surface area contributed by atoms with Crippen molar-refractivity contribution < 1.29 is 9.59 Å². The van der Waals surface area contributed by atoms with E-state index in [1.807, 2.05) is 38.1 Å². The van der Waals surface area contributed by atoms with Crippen LogP contribution in [0.2, 0.25) is 0 Å². The van der Waals surface area contributed by atoms with E-state index in [1.54, 1.807) is 38.1 Å². The van der Waals surface area contributed by atoms with Gasteiger partial charge in [-0.05, 0) is 49.9 Å². The van der Waals surface area contributed by atoms with Gasteiger partial charge in [0.05, 0.1) is 11.3 Å². The molecule has 0 spiro atoms. The van der Waals surface area contributed by atoms with Crippen LogP contribution in [0.5, 0.6) is 0 Å². The predicted octanol–water partition coefficient (Wildman–Crippen LogP) is 4.29. The minimum absolute atomic E-state index is 0.353. The molecule has 140 valence electrons. The van der Waals surface area contributed by atoms with Gasteiger partial charge in [0.2, 0.25) is 11.8 Å². The van der Waals surface area contributed by atoms with Gasteiger partial charge >= 0.3 is 0 Å². The van der Waals surface area contributed by atoms with Gasteiger partial charge in [-0.15, -0.1) is 0 Å². The third kappa shape index (κ3) is 4.35. The lowest BCUT2D eigenvalue weighted by Crippen LogP contribution is -2.42. The molecule has 2 N–H and O–H groups in total. The fraction of sp³-hybridized carbons (Fsp3) is 0.318. The number of carbonyl (C=O) groups is 2. The van der Waals surface area contributed by atoms with E-state index in [1.165, 1.54) is 0 Å². The number of hydrogen-bond donors (Lipinski definition) is 2. The number of rotatable bonds is 6. The van der Waals surface area contributed by atoms with Crippen LogP contribution < -0.4 is 10.6 Å². The first-order chi connectivity index (χ1) is 12.8. The van der Waals surface area contributed by atoms with Gasteiger partial charge in [0.25, 0.3) is 0 Å². The summed E-state index contributed by atoms with van der Waals surface area (Å²) in [6.45, 7) is 7.21. The molecule has 0 aromatic heterocycles. The normalized spacial score (nSPS) is 10.8. The molecule has 5 nitrogen and oxygen atoms in total. The van der Waals surface area contributed by atoms with Crippen molar-refractivity contribution in [2.45, 2.75) is 40.5 Å². The van der Waals surface area contributed by atoms with Gasteiger partial charge in [-0.25, -0.2) is 0 Å². The molecule has 0 unspecified atom stereocenters. The first kappa shape index (κ1) is 20.2. The highest BCUT2D eigenvalue weighted by atomic mass is 16.2. The molecule has 0 atom stereocenters. The van der Waals surface area contributed by atoms with Gasteiger partial charge in [0.15, 0.2) is 0 Å². The molecule has 2 aromatic carbocycles. The van der Waals surface area contributed by atoms with Crippen LogP contribution in [0.15, 0.2) is 42.5 Å². The number of nitrogens with zero attached hydrogens (tertiary/aromatic N) is 1. The Labute approximate surface area is 160 Å². The van der Waals surface area contributed by atoms with Crippen molar-refractivity contribution in [1.82, 2.24) is 0 Å². The standard InChI is InChI=1S/C22H25N3O2/c1-5-15-11-9-12-16(6-2)19(15)25-21(27)22(3,4)20(26)24-18-13-8-7-10-17(18)14-23/h7-13H,5-6H2,1-4H3,(H,24,26)(H,25,27). The van der Waals surface area contributed by atoms with Crippen molar-refractivity contribution in [3.63, 3.8) is 0 Å². The Morgan fingerprint density at radius 1 is 0.926 bits per heavy atom. The van der Waals surface area contributed by atoms with Gasteiger partial charge in [-0.3, -0.25) is 9.59 Å². The van der Waals surface area contributed by atoms with Crippen molar-refractivity contribution in [3.8, 4) is 6.07 Å². The maximum absolute atomic E-state index is 12.9. The van der Waals surface area contributed by atoms with Crippen LogP contribution in [0.3, 0.4) is 0 Å². The second kappa shape index (κ2) is 8.50. The summed E-state index contributed by atoms with van der Waals surface area (Å²) in [7, 11) is 0. The van der Waals surface area contributed by atoms with E-state index in [0.717, 1.165) is 29.7 Å². The summed E-state index contributed by atoms with van der Waals surface area (Å²) in [6.07, 6.45) is 1.57. The molecule has 0 saturated carbocycles. The van der Waals surface area contributed by atoms with Crippen LogP contribution in [-0.2, 0) is 22.4 Å². The third-order valence-electron chi connectivity index (χ3n) is 4.67. The second-order valence-corrected chi connectivity index (χ2v) is 6.85. The number of hydrogen-bond acceptors (Lipinski definition) is 3. The van der Waals surface area contributed by atoms with Crippen LogP contribution in [0.4, 0.5) is 11.4 Å². The SMILES string of the molecule is CCc1cccc(CC)c1NC(=O)C(C)(C)C(=O)Nc1ccccc1C#N. The summed E-state index contributed by atoms with van der Waals surface area (Å²) in [4.78, 5) is 25.7. The number of anilines is 2. The van der Waals surface area contributed by atoms with Crippen LogP contribution in [0, 0.1) is 16.7 Å². The molecule has 0 radical (unpaired) electrons. The molecular weight excluding hydrogens is 338 g/mol. The average molecular weight is 363 g/mol. The zero-order chi connectivity index (χ0) is 20.0. The van der Waals surface area contributed by atoms with Crippen molar-refractivity contribution in [2.75, 3.05) is 10.6 Å². The molecule has 0 saturated heterocycles. The number of nitrogens with one attached hydrogen (secondary N) is 2. The average Bonchev–Trinajstić information content (AvgIpc) is 2.68. The maximum atomic E-state index is 12.9. The minimum Gasteiger partial charge on any atom is -0.325 e. The second-order valence-electron chi connectivity index (χ2n) is 6.85. The third-order valence-corrected chi connectivity index (χ3v) is 4.67. The number of benzene rings is 2. The molecule has 0 aliphatic heterocycles. The Morgan fingerprint density at radius 3 is 2.04 bits per heavy atom. The highest BCUT2D eigenvalue weighted by molar-refractivity contribution is 6.14. The Balaban J connectivity index is 2.25. The Kier molecular flexibility index (Phi) is 6.36. The van der Waals surface area contributed by atoms with Crippen molar-refractivity contribution in [1.29, 1.82) is 5.26 Å². The van der Waals surface area contributed by atoms with Crippen LogP contribution in [0.1, 0.15) is 44.4 Å². The van der Waals surface area contributed by atoms with E-state index >= 15 is 0 Å².